The molecule has 3 heteroatoms. The molecule has 1 fully saturated rings. The van der Waals surface area contributed by atoms with Crippen LogP contribution in [0.15, 0.2) is 121 Å². The van der Waals surface area contributed by atoms with E-state index in [1.165, 1.54) is 91.1 Å². The molecule has 4 aliphatic rings. The number of rotatable bonds is 1. The fourth-order valence-electron chi connectivity index (χ4n) is 10.4. The van der Waals surface area contributed by atoms with Crippen LogP contribution in [0.25, 0.3) is 66.2 Å². The van der Waals surface area contributed by atoms with E-state index in [-0.39, 0.29) is 5.54 Å². The standard InChI is InChI=1S/C41H28N3/c1-2-10-24(11-3-1)25-22-31-26-14-8-16-32(26)41-37(31)36(23-25)43-33-17-6-4-12-27(33)29-19-20-35(38(41)39(29)43)44-34-18-7-5-13-28(34)30-15-9-21-42(41)40(30)44/h1-7,9-13,15,17-23,26,32H,8,14,16H2/q+1. The van der Waals surface area contributed by atoms with Gasteiger partial charge in [0, 0.05) is 27.6 Å². The smallest absolute Gasteiger partial charge is 0.296 e. The Kier molecular flexibility index (Phi) is 3.72. The van der Waals surface area contributed by atoms with E-state index in [0.717, 1.165) is 0 Å². The number of fused-ring (bicyclic) bond motifs is 10. The Labute approximate surface area is 254 Å². The topological polar surface area (TPSA) is 13.7 Å². The number of hydrogen-bond donors (Lipinski definition) is 0. The monoisotopic (exact) mass is 562 g/mol. The second-order valence-electron chi connectivity index (χ2n) is 13.4. The van der Waals surface area contributed by atoms with E-state index in [0.29, 0.717) is 11.8 Å². The molecule has 0 N–H and O–H groups in total. The van der Waals surface area contributed by atoms with Gasteiger partial charge in [0.1, 0.15) is 11.2 Å². The summed E-state index contributed by atoms with van der Waals surface area (Å²) >= 11 is 0. The number of pyridine rings is 1. The van der Waals surface area contributed by atoms with Gasteiger partial charge < -0.3 is 4.57 Å². The normalized spacial score (nSPS) is 21.9. The van der Waals surface area contributed by atoms with Crippen molar-refractivity contribution < 1.29 is 4.57 Å². The third kappa shape index (κ3) is 2.23. The van der Waals surface area contributed by atoms with Crippen molar-refractivity contribution in [1.82, 2.24) is 9.13 Å². The van der Waals surface area contributed by atoms with Crippen molar-refractivity contribution in [3.05, 3.63) is 138 Å². The molecule has 0 saturated heterocycles. The van der Waals surface area contributed by atoms with Crippen molar-refractivity contribution in [3.8, 4) is 22.5 Å². The molecule has 2 aliphatic carbocycles. The lowest BCUT2D eigenvalue weighted by Crippen LogP contribution is -2.64. The maximum Gasteiger partial charge on any atom is 0.296 e. The van der Waals surface area contributed by atoms with Gasteiger partial charge in [-0.25, -0.2) is 4.57 Å². The molecular weight excluding hydrogens is 534 g/mol. The molecule has 0 bridgehead atoms. The fraction of sp³-hybridized carbons (Fsp3) is 0.146. The maximum atomic E-state index is 2.74. The minimum absolute atomic E-state index is 0.246. The van der Waals surface area contributed by atoms with Crippen LogP contribution < -0.4 is 4.57 Å². The van der Waals surface area contributed by atoms with Crippen LogP contribution >= 0.6 is 0 Å². The molecule has 44 heavy (non-hydrogen) atoms. The molecule has 3 aromatic heterocycles. The minimum Gasteiger partial charge on any atom is -0.308 e. The third-order valence-corrected chi connectivity index (χ3v) is 11.8. The maximum absolute atomic E-state index is 2.74. The Morgan fingerprint density at radius 1 is 0.591 bits per heavy atom. The van der Waals surface area contributed by atoms with Crippen LogP contribution in [0.3, 0.4) is 0 Å². The number of benzene rings is 5. The lowest BCUT2D eigenvalue weighted by atomic mass is 9.71. The molecule has 0 radical (unpaired) electrons. The van der Waals surface area contributed by atoms with Crippen molar-refractivity contribution in [2.24, 2.45) is 5.92 Å². The van der Waals surface area contributed by atoms with Gasteiger partial charge in [-0.05, 0) is 84.0 Å². The number of aromatic nitrogens is 3. The van der Waals surface area contributed by atoms with E-state index in [9.17, 15) is 0 Å². The number of para-hydroxylation sites is 2. The van der Waals surface area contributed by atoms with Crippen LogP contribution in [0.1, 0.15) is 41.9 Å². The van der Waals surface area contributed by atoms with E-state index in [4.69, 9.17) is 0 Å². The van der Waals surface area contributed by atoms with E-state index in [1.807, 2.05) is 0 Å². The largest absolute Gasteiger partial charge is 0.308 e. The Hall–Kier alpha value is -5.15. The highest BCUT2D eigenvalue weighted by atomic mass is 15.2. The van der Waals surface area contributed by atoms with Gasteiger partial charge in [-0.3, -0.25) is 0 Å². The summed E-state index contributed by atoms with van der Waals surface area (Å²) in [5.41, 5.74) is 15.1. The first kappa shape index (κ1) is 22.4. The summed E-state index contributed by atoms with van der Waals surface area (Å²) in [4.78, 5) is 0. The van der Waals surface area contributed by atoms with Gasteiger partial charge in [0.15, 0.2) is 5.54 Å². The van der Waals surface area contributed by atoms with Crippen LogP contribution in [0.5, 0.6) is 0 Å². The highest BCUT2D eigenvalue weighted by molar-refractivity contribution is 6.14. The van der Waals surface area contributed by atoms with E-state index < -0.39 is 0 Å². The molecule has 206 valence electrons. The Bertz CT molecular complexity index is 2600. The van der Waals surface area contributed by atoms with Crippen LogP contribution in [0.2, 0.25) is 0 Å². The molecule has 1 spiro atoms. The zero-order valence-electron chi connectivity index (χ0n) is 24.2. The minimum atomic E-state index is -0.246. The molecule has 12 rings (SSSR count). The highest BCUT2D eigenvalue weighted by Crippen LogP contribution is 2.66. The Balaban J connectivity index is 1.39. The molecule has 3 nitrogen and oxygen atoms in total. The number of nitrogens with zero attached hydrogens (tertiary/aromatic N) is 3. The van der Waals surface area contributed by atoms with Gasteiger partial charge in [-0.15, -0.1) is 0 Å². The van der Waals surface area contributed by atoms with Crippen molar-refractivity contribution in [1.29, 1.82) is 0 Å². The lowest BCUT2D eigenvalue weighted by Gasteiger charge is -2.42. The zero-order valence-corrected chi connectivity index (χ0v) is 24.2. The molecule has 5 aromatic carbocycles. The second-order valence-corrected chi connectivity index (χ2v) is 13.4. The predicted octanol–water partition coefficient (Wildman–Crippen LogP) is 9.15. The molecule has 5 heterocycles. The van der Waals surface area contributed by atoms with Gasteiger partial charge >= 0.3 is 0 Å². The fourth-order valence-corrected chi connectivity index (χ4v) is 10.4. The second kappa shape index (κ2) is 7.31. The van der Waals surface area contributed by atoms with Gasteiger partial charge in [0.25, 0.3) is 5.65 Å². The Morgan fingerprint density at radius 3 is 2.20 bits per heavy atom. The van der Waals surface area contributed by atoms with Crippen molar-refractivity contribution >= 4 is 43.7 Å². The summed E-state index contributed by atoms with van der Waals surface area (Å²) in [5.74, 6) is 1.06. The molecule has 1 saturated carbocycles. The molecular formula is C41H28N3+. The first-order valence-corrected chi connectivity index (χ1v) is 16.1. The SMILES string of the molecule is c1ccc(-c2cc3c4c(c2)-n2c5ccccc5c5ccc6c(c52)C4(C2CCCC32)[n+]2cccc3c4ccccc4n-6c32)cc1. The molecule has 0 amide bonds. The summed E-state index contributed by atoms with van der Waals surface area (Å²) < 4.78 is 7.97. The quantitative estimate of drug-likeness (QED) is 0.177. The van der Waals surface area contributed by atoms with Crippen molar-refractivity contribution in [2.75, 3.05) is 0 Å². The average molecular weight is 563 g/mol. The van der Waals surface area contributed by atoms with Crippen LogP contribution in [0, 0.1) is 5.92 Å². The van der Waals surface area contributed by atoms with Crippen molar-refractivity contribution in [3.63, 3.8) is 0 Å². The van der Waals surface area contributed by atoms with E-state index >= 15 is 0 Å². The van der Waals surface area contributed by atoms with E-state index in [1.54, 1.807) is 11.1 Å². The summed E-state index contributed by atoms with van der Waals surface area (Å²) in [6, 6.07) is 43.7. The lowest BCUT2D eigenvalue weighted by molar-refractivity contribution is -0.730. The van der Waals surface area contributed by atoms with Crippen LogP contribution in [0.4, 0.5) is 0 Å². The first-order chi connectivity index (χ1) is 21.9. The van der Waals surface area contributed by atoms with Crippen molar-refractivity contribution in [2.45, 2.75) is 30.7 Å². The summed E-state index contributed by atoms with van der Waals surface area (Å²) in [5, 5.41) is 5.39. The first-order valence-electron chi connectivity index (χ1n) is 16.1. The average Bonchev–Trinajstić information content (AvgIpc) is 3.84. The molecule has 2 aliphatic heterocycles. The van der Waals surface area contributed by atoms with Gasteiger partial charge in [-0.2, -0.15) is 4.57 Å². The van der Waals surface area contributed by atoms with Gasteiger partial charge in [0.05, 0.1) is 33.9 Å². The summed E-state index contributed by atoms with van der Waals surface area (Å²) in [6.07, 6.45) is 6.21. The van der Waals surface area contributed by atoms with Crippen LogP contribution in [-0.2, 0) is 5.54 Å². The molecule has 3 atom stereocenters. The highest BCUT2D eigenvalue weighted by Gasteiger charge is 2.65. The predicted molar refractivity (Wildman–Crippen MR) is 177 cm³/mol. The Morgan fingerprint density at radius 2 is 1.34 bits per heavy atom. The van der Waals surface area contributed by atoms with Crippen LogP contribution in [-0.4, -0.2) is 9.13 Å². The number of hydrogen-bond acceptors (Lipinski definition) is 0. The zero-order chi connectivity index (χ0) is 28.3. The van der Waals surface area contributed by atoms with Gasteiger partial charge in [-0.1, -0.05) is 73.2 Å². The summed E-state index contributed by atoms with van der Waals surface area (Å²) in [7, 11) is 0. The molecule has 3 unspecified atom stereocenters. The van der Waals surface area contributed by atoms with Gasteiger partial charge in [0.2, 0.25) is 0 Å². The third-order valence-electron chi connectivity index (χ3n) is 11.8. The van der Waals surface area contributed by atoms with E-state index in [2.05, 4.69) is 135 Å². The summed E-state index contributed by atoms with van der Waals surface area (Å²) in [6.45, 7) is 0. The molecule has 8 aromatic rings.